The number of aliphatic hydroxyl groups excluding tert-OH is 5. The first kappa shape index (κ1) is 131. The number of aliphatic hydroxyl groups is 5. The molecule has 17 N–H and O–H groups in total. The number of azide groups is 2. The summed E-state index contributed by atoms with van der Waals surface area (Å²) in [5, 5.41) is 94.6. The summed E-state index contributed by atoms with van der Waals surface area (Å²) in [4.78, 5) is 111. The van der Waals surface area contributed by atoms with E-state index in [-0.39, 0.29) is 172 Å². The minimum Gasteiger partial charge on any atom is -0.469 e. The summed E-state index contributed by atoms with van der Waals surface area (Å²) in [6, 6.07) is 9.56. The summed E-state index contributed by atoms with van der Waals surface area (Å²) >= 11 is 0. The SMILES string of the molecule is CC(C)(C)OC(=O)N[C@H]1CC[C@H](CN)C[C@H]1O[Si](C)(C)C(C)(C)C.CC(C)(C)OC(=O)N[C@H]1CC[C@H](CO)C[C@H]1O[Si](C)(C)C(C)(C)C.COC(=O)[C@H]1CC[C@H](N=[N+]=[N-])[C@H](O)C1.COC(=O)[C@H]1CC[C@H](N=[N+]=[N-])[C@H](O)C1.COC(=O)[C@H]1CC[C@H](NC(=O)OC(C)(C)C)[C@H](O)C1.N[C@H]1CC[C@H](CNc2nc(NCc3ccccc3OC(F)(F)F)ncc2[N+](=O)[O-])C[C@H]1O.Nc1nc(NCc2ccccc2OC(F)(F)F)ncc1[N+](=O)[O-]. The van der Waals surface area contributed by atoms with E-state index in [2.05, 4.69) is 163 Å². The van der Waals surface area contributed by atoms with Crippen LogP contribution in [0.2, 0.25) is 36.3 Å². The second-order valence-electron chi connectivity index (χ2n) is 43.4. The van der Waals surface area contributed by atoms with E-state index in [0.29, 0.717) is 89.6 Å². The number of nitrogen functional groups attached to an aromatic ring is 1. The highest BCUT2D eigenvalue weighted by Crippen LogP contribution is 2.44. The van der Waals surface area contributed by atoms with Crippen LogP contribution >= 0.6 is 0 Å². The molecule has 6 aliphatic rings. The largest absolute Gasteiger partial charge is 0.573 e. The Kier molecular flexibility index (Phi) is 52.1. The van der Waals surface area contributed by atoms with Crippen LogP contribution in [0.3, 0.4) is 0 Å². The second kappa shape index (κ2) is 59.6. The average Bonchev–Trinajstić information content (AvgIpc) is 0.803. The normalized spacial score (nSPS) is 24.0. The molecule has 6 saturated carbocycles. The third-order valence-electron chi connectivity index (χ3n) is 26.2. The molecule has 150 heavy (non-hydrogen) atoms. The van der Waals surface area contributed by atoms with Gasteiger partial charge in [-0.1, -0.05) is 88.2 Å². The summed E-state index contributed by atoms with van der Waals surface area (Å²) in [7, 11) is 0.133. The molecule has 2 aromatic heterocycles. The Balaban J connectivity index is 0.000000370. The molecule has 4 aromatic rings. The number of nitrogens with zero attached hydrogens (tertiary/aromatic N) is 12. The summed E-state index contributed by atoms with van der Waals surface area (Å²) in [5.74, 6) is -2.16. The molecule has 0 bridgehead atoms. The van der Waals surface area contributed by atoms with Gasteiger partial charge >= 0.3 is 60.3 Å². The van der Waals surface area contributed by atoms with Gasteiger partial charge in [-0.05, 0) is 262 Å². The Morgan fingerprint density at radius 1 is 0.487 bits per heavy atom. The maximum atomic E-state index is 12.6. The fourth-order valence-corrected chi connectivity index (χ4v) is 18.9. The van der Waals surface area contributed by atoms with Crippen LogP contribution in [-0.4, -0.2) is 252 Å². The van der Waals surface area contributed by atoms with Crippen molar-refractivity contribution < 1.29 is 137 Å². The number of ether oxygens (including phenoxy) is 8. The molecule has 46 nitrogen and oxygen atoms in total. The van der Waals surface area contributed by atoms with Gasteiger partial charge in [0.15, 0.2) is 16.6 Å². The van der Waals surface area contributed by atoms with Crippen LogP contribution in [0.4, 0.5) is 75.6 Å². The Labute approximate surface area is 872 Å². The molecule has 0 saturated heterocycles. The number of hydrogen-bond acceptors (Lipinski definition) is 37. The zero-order valence-corrected chi connectivity index (χ0v) is 91.7. The first-order valence-corrected chi connectivity index (χ1v) is 55.4. The predicted molar refractivity (Wildman–Crippen MR) is 549 cm³/mol. The summed E-state index contributed by atoms with van der Waals surface area (Å²) in [5.41, 5.74) is 31.5. The number of nitrogens with two attached hydrogens (primary N) is 3. The van der Waals surface area contributed by atoms with Gasteiger partial charge in [-0.15, -0.1) is 26.3 Å². The van der Waals surface area contributed by atoms with Crippen LogP contribution in [0.25, 0.3) is 20.9 Å². The number of benzene rings is 2. The van der Waals surface area contributed by atoms with Crippen molar-refractivity contribution in [3.8, 4) is 11.5 Å². The van der Waals surface area contributed by atoms with Crippen molar-refractivity contribution >= 4 is 87.7 Å². The molecular weight excluding hydrogens is 2020 g/mol. The number of nitrogens with one attached hydrogen (secondary N) is 6. The average molecular weight is 2180 g/mol. The van der Waals surface area contributed by atoms with E-state index in [1.807, 2.05) is 41.5 Å². The second-order valence-corrected chi connectivity index (χ2v) is 52.9. The van der Waals surface area contributed by atoms with Gasteiger partial charge in [0.2, 0.25) is 23.5 Å². The van der Waals surface area contributed by atoms with E-state index in [1.165, 1.54) is 57.7 Å². The van der Waals surface area contributed by atoms with Gasteiger partial charge in [-0.25, -0.2) is 24.4 Å². The van der Waals surface area contributed by atoms with Crippen molar-refractivity contribution in [2.24, 2.45) is 57.2 Å². The van der Waals surface area contributed by atoms with Crippen molar-refractivity contribution in [2.45, 2.75) is 371 Å². The topological polar surface area (TPSA) is 681 Å². The number of nitro groups is 2. The fraction of sp³-hybridized carbons (Fsp3) is 0.729. The lowest BCUT2D eigenvalue weighted by Gasteiger charge is -2.44. The summed E-state index contributed by atoms with van der Waals surface area (Å²) in [6.45, 7) is 39.8. The lowest BCUT2D eigenvalue weighted by Crippen LogP contribution is -2.55. The number of alkyl carbamates (subject to hydrolysis) is 3. The molecule has 10 rings (SSSR count). The van der Waals surface area contributed by atoms with Crippen molar-refractivity contribution in [3.05, 3.63) is 113 Å². The number of halogens is 6. The number of esters is 3. The molecule has 0 radical (unpaired) electrons. The molecule has 846 valence electrons. The molecule has 18 atom stereocenters. The van der Waals surface area contributed by atoms with Gasteiger partial charge in [-0.3, -0.25) is 34.6 Å². The lowest BCUT2D eigenvalue weighted by atomic mass is 9.84. The minimum atomic E-state index is -4.84. The molecular formula is C96H157F6N21O25Si2. The number of alkyl halides is 6. The monoisotopic (exact) mass is 2170 g/mol. The van der Waals surface area contributed by atoms with Gasteiger partial charge in [0.25, 0.3) is 0 Å². The van der Waals surface area contributed by atoms with Crippen LogP contribution in [0.1, 0.15) is 231 Å². The van der Waals surface area contributed by atoms with E-state index in [4.69, 9.17) is 51.3 Å². The lowest BCUT2D eigenvalue weighted by molar-refractivity contribution is -0.384. The molecule has 0 aliphatic heterocycles. The maximum Gasteiger partial charge on any atom is 0.573 e. The molecule has 54 heteroatoms. The number of methoxy groups -OCH3 is 3. The zero-order chi connectivity index (χ0) is 114. The van der Waals surface area contributed by atoms with Crippen molar-refractivity contribution in [3.63, 3.8) is 0 Å². The summed E-state index contributed by atoms with van der Waals surface area (Å²) in [6.07, 6.45) is -0.446. The van der Waals surface area contributed by atoms with Gasteiger partial charge in [0, 0.05) is 53.2 Å². The zero-order valence-electron chi connectivity index (χ0n) is 89.7. The molecule has 6 aliphatic carbocycles. The number of rotatable bonds is 27. The number of carbonyl (C=O) groups is 6. The molecule has 2 heterocycles. The van der Waals surface area contributed by atoms with Crippen LogP contribution in [0, 0.1) is 55.7 Å². The Morgan fingerprint density at radius 3 is 1.19 bits per heavy atom. The predicted octanol–water partition coefficient (Wildman–Crippen LogP) is 16.6. The van der Waals surface area contributed by atoms with E-state index in [9.17, 15) is 101 Å². The van der Waals surface area contributed by atoms with E-state index < -0.39 is 110 Å². The van der Waals surface area contributed by atoms with Crippen molar-refractivity contribution in [1.29, 1.82) is 0 Å². The van der Waals surface area contributed by atoms with Gasteiger partial charge in [0.05, 0.1) is 116 Å². The first-order chi connectivity index (χ1) is 69.5. The fourth-order valence-electron chi connectivity index (χ4n) is 16.1. The quantitative estimate of drug-likeness (QED) is 0.00303. The van der Waals surface area contributed by atoms with E-state index in [1.54, 1.807) is 26.8 Å². The smallest absolute Gasteiger partial charge is 0.469 e. The Hall–Kier alpha value is -11.3. The molecule has 2 aromatic carbocycles. The van der Waals surface area contributed by atoms with Crippen LogP contribution in [-0.2, 0) is 64.7 Å². The standard InChI is InChI=1S/C19H23F3N6O4.C18H38N2O3Si.C18H37NO4Si.C13H23NO5.C12H10F3N5O3.2C8H13N3O3/c20-19(21,22)32-16-4-2-1-3-12(16)9-25-18-26-10-14(28(30)31)17(27-18)24-8-11-5-6-13(23)15(29)7-11;1-17(2,3)22-16(21)20-14-10-9-13(12-19)11-15(14)23-24(7,8)18(4,5)6;1-17(2,3)22-16(21)19-14-10-9-13(12-20)11-15(14)23-24(7,8)18(4,5)6;1-13(2,3)19-12(17)14-9-6-5-8(7-10(9)15)11(16)18-4;13-12(14,15)23-9-4-2-1-3-7(9)5-17-11-18-6-8(20(21)22)10(16)19-11;2*1-14-8(13)5-2-3-6(10-11-9)7(12)4-5/h1-4,10-11,13,15,29H,5-9,23H2,(H2,24,25,26,27);13-15H,9-12,19H2,1-8H3,(H,20,21);13-15,20H,9-12H2,1-8H3,(H,19,21);8-10,15H,5-7H2,1-4H3,(H,14,17);1-4,6H,5H2,(H3,16,17,18,19);2*5-7,12H,2-4H2,1H3/t11-,13-,15+;2*13-,14-,15+;8-,9-,10+;;2*5-,6-,7+/m0000.00/s1. The van der Waals surface area contributed by atoms with Crippen molar-refractivity contribution in [2.75, 3.05) is 62.7 Å². The van der Waals surface area contributed by atoms with Crippen LogP contribution in [0.5, 0.6) is 11.5 Å². The van der Waals surface area contributed by atoms with Gasteiger partial charge in [0.1, 0.15) is 40.7 Å². The highest BCUT2D eigenvalue weighted by atomic mass is 28.4. The number of amides is 3. The number of anilines is 4. The molecule has 6 fully saturated rings. The van der Waals surface area contributed by atoms with E-state index in [0.717, 1.165) is 63.4 Å². The third kappa shape index (κ3) is 47.3. The molecule has 0 spiro atoms. The number of carbonyl (C=O) groups excluding carboxylic acids is 6. The minimum absolute atomic E-state index is 0.00299. The number of aromatic nitrogens is 4. The number of hydrogen-bond donors (Lipinski definition) is 14. The summed E-state index contributed by atoms with van der Waals surface area (Å²) < 4.78 is 126. The number of para-hydroxylation sites is 2. The Morgan fingerprint density at radius 2 is 0.847 bits per heavy atom. The maximum absolute atomic E-state index is 12.6. The molecule has 0 unspecified atom stereocenters. The van der Waals surface area contributed by atoms with E-state index >= 15 is 0 Å². The third-order valence-corrected chi connectivity index (χ3v) is 35.2. The van der Waals surface area contributed by atoms with Crippen LogP contribution in [0.15, 0.2) is 71.2 Å². The first-order valence-electron chi connectivity index (χ1n) is 49.6. The molecule has 3 amide bonds. The Bertz CT molecular complexity index is 4910. The van der Waals surface area contributed by atoms with Crippen LogP contribution < -0.4 is 58.6 Å². The highest BCUT2D eigenvalue weighted by Gasteiger charge is 2.47. The van der Waals surface area contributed by atoms with Gasteiger partial charge < -0.3 is 121 Å². The van der Waals surface area contributed by atoms with Crippen molar-refractivity contribution in [1.82, 2.24) is 35.9 Å². The highest BCUT2D eigenvalue weighted by molar-refractivity contribution is 6.74. The van der Waals surface area contributed by atoms with Gasteiger partial charge in [-0.2, -0.15) is 9.97 Å².